The maximum absolute atomic E-state index is 5.77. The summed E-state index contributed by atoms with van der Waals surface area (Å²) in [6.45, 7) is 0.927. The number of hydrogen-bond donors (Lipinski definition) is 1. The third-order valence-electron chi connectivity index (χ3n) is 3.55. The molecule has 1 aliphatic heterocycles. The van der Waals surface area contributed by atoms with Gasteiger partial charge in [0.15, 0.2) is 0 Å². The van der Waals surface area contributed by atoms with E-state index in [2.05, 4.69) is 39.1 Å². The van der Waals surface area contributed by atoms with Crippen molar-refractivity contribution in [1.82, 2.24) is 9.97 Å². The number of nitrogens with zero attached hydrogens (tertiary/aromatic N) is 3. The van der Waals surface area contributed by atoms with Crippen molar-refractivity contribution in [2.45, 2.75) is 19.3 Å². The fraction of sp³-hybridized carbons (Fsp3) is 0.333. The highest BCUT2D eigenvalue weighted by Gasteiger charge is 2.18. The van der Waals surface area contributed by atoms with Crippen molar-refractivity contribution < 1.29 is 4.74 Å². The molecule has 1 aromatic heterocycles. The Labute approximate surface area is 118 Å². The molecule has 0 saturated heterocycles. The summed E-state index contributed by atoms with van der Waals surface area (Å²) >= 11 is 0. The molecule has 0 unspecified atom stereocenters. The van der Waals surface area contributed by atoms with Gasteiger partial charge in [0.1, 0.15) is 5.82 Å². The van der Waals surface area contributed by atoms with E-state index in [4.69, 9.17) is 10.5 Å². The van der Waals surface area contributed by atoms with Gasteiger partial charge in [-0.15, -0.1) is 0 Å². The summed E-state index contributed by atoms with van der Waals surface area (Å²) < 4.78 is 5.19. The number of ether oxygens (including phenoxy) is 1. The first-order valence-electron chi connectivity index (χ1n) is 6.82. The minimum atomic E-state index is 0.237. The van der Waals surface area contributed by atoms with Crippen LogP contribution in [0.5, 0.6) is 5.88 Å². The minimum absolute atomic E-state index is 0.237. The number of methoxy groups -OCH3 is 1. The van der Waals surface area contributed by atoms with Gasteiger partial charge in [0.25, 0.3) is 0 Å². The van der Waals surface area contributed by atoms with E-state index < -0.39 is 0 Å². The summed E-state index contributed by atoms with van der Waals surface area (Å²) in [5.41, 5.74) is 8.32. The highest BCUT2D eigenvalue weighted by atomic mass is 16.5. The summed E-state index contributed by atoms with van der Waals surface area (Å²) in [4.78, 5) is 10.6. The number of fused-ring (bicyclic) bond motifs is 1. The Hall–Kier alpha value is -2.30. The van der Waals surface area contributed by atoms with Gasteiger partial charge in [-0.05, 0) is 30.9 Å². The van der Waals surface area contributed by atoms with Gasteiger partial charge in [-0.25, -0.2) is 0 Å². The Bertz CT molecular complexity index is 615. The fourth-order valence-corrected chi connectivity index (χ4v) is 2.60. The second-order valence-corrected chi connectivity index (χ2v) is 4.86. The van der Waals surface area contributed by atoms with E-state index in [9.17, 15) is 0 Å². The first-order chi connectivity index (χ1) is 9.78. The number of nitrogen functional groups attached to an aromatic ring is 1. The monoisotopic (exact) mass is 270 g/mol. The minimum Gasteiger partial charge on any atom is -0.481 e. The van der Waals surface area contributed by atoms with E-state index in [1.165, 1.54) is 17.7 Å². The van der Waals surface area contributed by atoms with E-state index in [-0.39, 0.29) is 5.95 Å². The van der Waals surface area contributed by atoms with Crippen LogP contribution in [-0.2, 0) is 6.42 Å². The smallest absolute Gasteiger partial charge is 0.225 e. The summed E-state index contributed by atoms with van der Waals surface area (Å²) in [5.74, 6) is 1.53. The number of nitrogens with two attached hydrogens (primary N) is 1. The number of rotatable bonds is 2. The lowest BCUT2D eigenvalue weighted by atomic mass is 10.1. The lowest BCUT2D eigenvalue weighted by Gasteiger charge is -2.24. The van der Waals surface area contributed by atoms with Gasteiger partial charge in [0, 0.05) is 18.3 Å². The highest BCUT2D eigenvalue weighted by Crippen LogP contribution is 2.32. The molecule has 0 radical (unpaired) electrons. The number of anilines is 3. The van der Waals surface area contributed by atoms with Crippen LogP contribution in [0, 0.1) is 0 Å². The molecule has 20 heavy (non-hydrogen) atoms. The molecule has 1 aromatic carbocycles. The number of benzene rings is 1. The molecule has 0 atom stereocenters. The van der Waals surface area contributed by atoms with Crippen molar-refractivity contribution in [1.29, 1.82) is 0 Å². The Balaban J connectivity index is 2.07. The molecule has 2 N–H and O–H groups in total. The number of para-hydroxylation sites is 1. The van der Waals surface area contributed by atoms with Crippen LogP contribution in [0.15, 0.2) is 30.3 Å². The van der Waals surface area contributed by atoms with Crippen LogP contribution in [0.2, 0.25) is 0 Å². The third kappa shape index (κ3) is 2.39. The van der Waals surface area contributed by atoms with E-state index >= 15 is 0 Å². The first kappa shape index (κ1) is 12.7. The second-order valence-electron chi connectivity index (χ2n) is 4.86. The topological polar surface area (TPSA) is 64.3 Å². The van der Waals surface area contributed by atoms with Crippen LogP contribution >= 0.6 is 0 Å². The van der Waals surface area contributed by atoms with E-state index in [0.29, 0.717) is 5.88 Å². The summed E-state index contributed by atoms with van der Waals surface area (Å²) in [6, 6.07) is 10.3. The molecule has 2 aromatic rings. The molecule has 5 heteroatoms. The molecular weight excluding hydrogens is 252 g/mol. The summed E-state index contributed by atoms with van der Waals surface area (Å²) in [6.07, 6.45) is 3.41. The third-order valence-corrected chi connectivity index (χ3v) is 3.55. The van der Waals surface area contributed by atoms with Gasteiger partial charge in [0.2, 0.25) is 11.8 Å². The van der Waals surface area contributed by atoms with Crippen LogP contribution in [0.3, 0.4) is 0 Å². The van der Waals surface area contributed by atoms with Gasteiger partial charge in [0.05, 0.1) is 7.11 Å². The maximum atomic E-state index is 5.77. The molecule has 0 aliphatic carbocycles. The van der Waals surface area contributed by atoms with Crippen molar-refractivity contribution in [3.8, 4) is 5.88 Å². The molecule has 2 heterocycles. The maximum Gasteiger partial charge on any atom is 0.225 e. The molecule has 0 saturated carbocycles. The predicted molar refractivity (Wildman–Crippen MR) is 79.4 cm³/mol. The van der Waals surface area contributed by atoms with Gasteiger partial charge in [-0.3, -0.25) is 0 Å². The Morgan fingerprint density at radius 3 is 2.90 bits per heavy atom. The lowest BCUT2D eigenvalue weighted by molar-refractivity contribution is 0.398. The van der Waals surface area contributed by atoms with Gasteiger partial charge in [-0.2, -0.15) is 9.97 Å². The van der Waals surface area contributed by atoms with Crippen molar-refractivity contribution in [2.75, 3.05) is 24.3 Å². The lowest BCUT2D eigenvalue weighted by Crippen LogP contribution is -2.20. The molecule has 0 spiro atoms. The number of hydrogen-bond acceptors (Lipinski definition) is 5. The summed E-state index contributed by atoms with van der Waals surface area (Å²) in [7, 11) is 1.59. The second kappa shape index (κ2) is 5.36. The van der Waals surface area contributed by atoms with Gasteiger partial charge < -0.3 is 15.4 Å². The van der Waals surface area contributed by atoms with Crippen molar-refractivity contribution in [3.05, 3.63) is 35.9 Å². The van der Waals surface area contributed by atoms with E-state index in [0.717, 1.165) is 25.2 Å². The number of aryl methyl sites for hydroxylation is 1. The Kier molecular flexibility index (Phi) is 3.41. The standard InChI is InChI=1S/C15H18N4O/c1-20-14-10-13(17-15(16)18-14)19-9-5-4-7-11-6-2-3-8-12(11)19/h2-3,6,8,10H,4-5,7,9H2,1H3,(H2,16,17,18). The zero-order valence-electron chi connectivity index (χ0n) is 11.5. The molecule has 3 rings (SSSR count). The zero-order chi connectivity index (χ0) is 13.9. The zero-order valence-corrected chi connectivity index (χ0v) is 11.5. The van der Waals surface area contributed by atoms with Crippen molar-refractivity contribution in [3.63, 3.8) is 0 Å². The van der Waals surface area contributed by atoms with Crippen LogP contribution in [0.25, 0.3) is 0 Å². The molecule has 0 bridgehead atoms. The van der Waals surface area contributed by atoms with E-state index in [1.54, 1.807) is 7.11 Å². The molecule has 1 aliphatic rings. The van der Waals surface area contributed by atoms with Crippen LogP contribution < -0.4 is 15.4 Å². The molecule has 0 amide bonds. The van der Waals surface area contributed by atoms with Gasteiger partial charge in [-0.1, -0.05) is 18.2 Å². The Morgan fingerprint density at radius 2 is 2.05 bits per heavy atom. The quantitative estimate of drug-likeness (QED) is 0.908. The van der Waals surface area contributed by atoms with Gasteiger partial charge >= 0.3 is 0 Å². The van der Waals surface area contributed by atoms with Crippen LogP contribution in [0.1, 0.15) is 18.4 Å². The van der Waals surface area contributed by atoms with Crippen molar-refractivity contribution >= 4 is 17.5 Å². The molecular formula is C15H18N4O. The van der Waals surface area contributed by atoms with Crippen molar-refractivity contribution in [2.24, 2.45) is 0 Å². The van der Waals surface area contributed by atoms with Crippen LogP contribution in [0.4, 0.5) is 17.5 Å². The largest absolute Gasteiger partial charge is 0.481 e. The molecule has 0 fully saturated rings. The normalized spacial score (nSPS) is 14.6. The number of aromatic nitrogens is 2. The molecule has 104 valence electrons. The average Bonchev–Trinajstić information content (AvgIpc) is 2.69. The SMILES string of the molecule is COc1cc(N2CCCCc3ccccc32)nc(N)n1. The highest BCUT2D eigenvalue weighted by molar-refractivity contribution is 5.65. The first-order valence-corrected chi connectivity index (χ1v) is 6.82. The fourth-order valence-electron chi connectivity index (χ4n) is 2.60. The predicted octanol–water partition coefficient (Wildman–Crippen LogP) is 2.54. The van der Waals surface area contributed by atoms with E-state index in [1.807, 2.05) is 6.07 Å². The average molecular weight is 270 g/mol. The Morgan fingerprint density at radius 1 is 1.20 bits per heavy atom. The molecule has 5 nitrogen and oxygen atoms in total. The summed E-state index contributed by atoms with van der Waals surface area (Å²) in [5, 5.41) is 0. The van der Waals surface area contributed by atoms with Crippen LogP contribution in [-0.4, -0.2) is 23.6 Å².